The molecule has 0 bridgehead atoms. The Morgan fingerprint density at radius 1 is 0.290 bits per heavy atom. The molecule has 0 heterocycles. The van der Waals surface area contributed by atoms with E-state index in [9.17, 15) is 40.9 Å². The average Bonchev–Trinajstić information content (AvgIpc) is 3.30. The maximum absolute atomic E-state index is 12.4. The van der Waals surface area contributed by atoms with Crippen molar-refractivity contribution in [2.24, 2.45) is 0 Å². The molecular formula is C56H48BiCl4O8. The van der Waals surface area contributed by atoms with Crippen molar-refractivity contribution in [2.75, 3.05) is 0 Å². The third-order valence-electron chi connectivity index (χ3n) is 12.9. The fourth-order valence-electron chi connectivity index (χ4n) is 9.54. The summed E-state index contributed by atoms with van der Waals surface area (Å²) in [5.74, 6) is -0.830. The van der Waals surface area contributed by atoms with E-state index in [1.807, 2.05) is 24.3 Å². The number of rotatable bonds is 8. The first-order valence-corrected chi connectivity index (χ1v) is 30.2. The maximum atomic E-state index is 12.4. The van der Waals surface area contributed by atoms with E-state index in [-0.39, 0.29) is 54.6 Å². The van der Waals surface area contributed by atoms with Crippen LogP contribution in [0.25, 0.3) is 44.5 Å². The summed E-state index contributed by atoms with van der Waals surface area (Å²) < 4.78 is 2.37. The van der Waals surface area contributed by atoms with E-state index in [4.69, 9.17) is 46.4 Å². The summed E-state index contributed by atoms with van der Waals surface area (Å²) in [6.45, 7) is 14.2. The minimum atomic E-state index is -6.24. The van der Waals surface area contributed by atoms with Gasteiger partial charge in [-0.2, -0.15) is 0 Å². The summed E-state index contributed by atoms with van der Waals surface area (Å²) in [7, 11) is 0. The molecule has 0 spiro atoms. The van der Waals surface area contributed by atoms with Crippen molar-refractivity contribution in [3.05, 3.63) is 162 Å². The molecule has 8 nitrogen and oxygen atoms in total. The molecule has 0 aliphatic carbocycles. The first-order valence-electron chi connectivity index (χ1n) is 21.7. The van der Waals surface area contributed by atoms with Crippen LogP contribution in [-0.2, 0) is 0 Å². The SMILES string of the molecule is Cc1cc(-c2c(Cl)c(O)c(Cl)c(-c3cc(C)c(O)c(C)c3)[c]2[Bi]([c]2cc(C)c(O)c(C)c2)([c]2cc(C)c(O)c(C)c2)[c]2c(-c3ccc(O)cc3)c(Cl)c(O)c(Cl)c2-c2ccc(O)cc2)cc(C)c1O. The molecule has 0 unspecified atom stereocenters. The molecule has 8 aromatic rings. The standard InChI is InChI=1S/C22H19Cl2O3.C18H11Cl2O3.2C8H9O.Bi/c1-10-5-14(6-11(2)20(10)25)16-9-17(19(24)22(27)18(16)23)15-7-12(3)21(26)13(4)8-15;19-16-14(10-1-5-12(21)6-2-10)9-15(17(20)18(16)23)11-3-7-13(22)8-4-11;2*1-6-4-3-5-7(2)8(6)9;/h5-8,25-27H,1-4H3;1-8,21-23H;2*4-5,9H,1-2H3;. The summed E-state index contributed by atoms with van der Waals surface area (Å²) in [5.41, 5.74) is 7.12. The zero-order valence-electron chi connectivity index (χ0n) is 38.8. The Balaban J connectivity index is 1.88. The van der Waals surface area contributed by atoms with Gasteiger partial charge in [0.1, 0.15) is 0 Å². The van der Waals surface area contributed by atoms with Crippen molar-refractivity contribution >= 4 is 79.8 Å². The first-order chi connectivity index (χ1) is 32.5. The Kier molecular flexibility index (Phi) is 13.3. The van der Waals surface area contributed by atoms with Gasteiger partial charge in [0.15, 0.2) is 0 Å². The fourth-order valence-corrected chi connectivity index (χ4v) is 32.9. The van der Waals surface area contributed by atoms with Crippen molar-refractivity contribution in [3.63, 3.8) is 0 Å². The molecule has 0 atom stereocenters. The van der Waals surface area contributed by atoms with Crippen LogP contribution >= 0.6 is 46.4 Å². The zero-order chi connectivity index (χ0) is 50.3. The van der Waals surface area contributed by atoms with Crippen LogP contribution in [0, 0.1) is 55.4 Å². The number of hydrogen-bond donors (Lipinski definition) is 8. The van der Waals surface area contributed by atoms with Crippen LogP contribution in [0.4, 0.5) is 0 Å². The molecule has 8 N–H and O–H groups in total. The second-order valence-electron chi connectivity index (χ2n) is 17.7. The van der Waals surface area contributed by atoms with E-state index in [2.05, 4.69) is 0 Å². The van der Waals surface area contributed by atoms with Crippen LogP contribution in [-0.4, -0.2) is 61.1 Å². The molecule has 0 aliphatic heterocycles. The van der Waals surface area contributed by atoms with Crippen LogP contribution in [0.3, 0.4) is 0 Å². The monoisotopic (exact) mass is 1200 g/mol. The van der Waals surface area contributed by atoms with Crippen molar-refractivity contribution < 1.29 is 40.9 Å². The minimum absolute atomic E-state index is 0.0361. The van der Waals surface area contributed by atoms with Gasteiger partial charge < -0.3 is 0 Å². The molecule has 0 fully saturated rings. The normalized spacial score (nSPS) is 11.7. The fraction of sp³-hybridized carbons (Fsp3) is 0.143. The average molecular weight is 1200 g/mol. The number of hydrogen-bond acceptors (Lipinski definition) is 8. The van der Waals surface area contributed by atoms with Gasteiger partial charge in [0.05, 0.1) is 0 Å². The van der Waals surface area contributed by atoms with Crippen molar-refractivity contribution in [1.29, 1.82) is 0 Å². The number of aromatic hydroxyl groups is 8. The summed E-state index contributed by atoms with van der Waals surface area (Å²) >= 11 is 24.3. The van der Waals surface area contributed by atoms with Crippen molar-refractivity contribution in [2.45, 2.75) is 55.4 Å². The van der Waals surface area contributed by atoms with Crippen LogP contribution in [0.2, 0.25) is 20.1 Å². The molecule has 0 amide bonds. The summed E-state index contributed by atoms with van der Waals surface area (Å²) in [4.78, 5) is 0. The molecule has 0 saturated heterocycles. The molecule has 8 rings (SSSR count). The Hall–Kier alpha value is -5.80. The molecule has 1 radical (unpaired) electrons. The molecule has 353 valence electrons. The number of aryl methyl sites for hydroxylation is 8. The molecule has 0 aliphatic rings. The topological polar surface area (TPSA) is 162 Å². The third-order valence-corrected chi connectivity index (χ3v) is 31.1. The molecule has 69 heavy (non-hydrogen) atoms. The van der Waals surface area contributed by atoms with Gasteiger partial charge in [0, 0.05) is 0 Å². The summed E-state index contributed by atoms with van der Waals surface area (Å²) in [5, 5.41) is 91.7. The molecule has 0 saturated carbocycles. The van der Waals surface area contributed by atoms with Gasteiger partial charge in [0.25, 0.3) is 0 Å². The first kappa shape index (κ1) is 49.6. The summed E-state index contributed by atoms with van der Waals surface area (Å²) in [6.07, 6.45) is 0. The van der Waals surface area contributed by atoms with E-state index in [1.54, 1.807) is 104 Å². The second-order valence-corrected chi connectivity index (χ2v) is 31.9. The Bertz CT molecular complexity index is 3130. The van der Waals surface area contributed by atoms with E-state index < -0.39 is 31.8 Å². The van der Waals surface area contributed by atoms with Gasteiger partial charge in [-0.05, 0) is 0 Å². The van der Waals surface area contributed by atoms with E-state index in [1.165, 1.54) is 24.3 Å². The van der Waals surface area contributed by atoms with Gasteiger partial charge in [-0.25, -0.2) is 0 Å². The van der Waals surface area contributed by atoms with Crippen LogP contribution in [0.15, 0.2) is 97.1 Å². The quantitative estimate of drug-likeness (QED) is 0.0698. The van der Waals surface area contributed by atoms with Crippen LogP contribution in [0.5, 0.6) is 46.0 Å². The van der Waals surface area contributed by atoms with Crippen molar-refractivity contribution in [1.82, 2.24) is 0 Å². The number of phenols is 8. The predicted octanol–water partition coefficient (Wildman–Crippen LogP) is 12.5. The van der Waals surface area contributed by atoms with Gasteiger partial charge >= 0.3 is 428 Å². The van der Waals surface area contributed by atoms with Gasteiger partial charge in [-0.1, -0.05) is 0 Å². The molecule has 0 aromatic heterocycles. The third kappa shape index (κ3) is 8.16. The zero-order valence-corrected chi connectivity index (χ0v) is 45.3. The summed E-state index contributed by atoms with van der Waals surface area (Å²) in [6, 6.07) is 27.4. The number of benzene rings is 8. The van der Waals surface area contributed by atoms with E-state index >= 15 is 0 Å². The predicted molar refractivity (Wildman–Crippen MR) is 283 cm³/mol. The van der Waals surface area contributed by atoms with E-state index in [0.717, 1.165) is 0 Å². The Morgan fingerprint density at radius 3 is 0.754 bits per heavy atom. The number of halogens is 4. The van der Waals surface area contributed by atoms with Gasteiger partial charge in [0.2, 0.25) is 0 Å². The Labute approximate surface area is 424 Å². The van der Waals surface area contributed by atoms with Gasteiger partial charge in [-0.15, -0.1) is 0 Å². The molecule has 13 heteroatoms. The van der Waals surface area contributed by atoms with Crippen LogP contribution in [0.1, 0.15) is 44.5 Å². The van der Waals surface area contributed by atoms with E-state index in [0.29, 0.717) is 102 Å². The molecule has 8 aromatic carbocycles. The Morgan fingerprint density at radius 2 is 0.507 bits per heavy atom. The second kappa shape index (κ2) is 18.5. The van der Waals surface area contributed by atoms with Gasteiger partial charge in [-0.3, -0.25) is 0 Å². The van der Waals surface area contributed by atoms with Crippen molar-refractivity contribution in [3.8, 4) is 90.5 Å². The van der Waals surface area contributed by atoms with Crippen LogP contribution < -0.4 is 13.1 Å². The molecular weight excluding hydrogens is 1150 g/mol. The number of phenolic OH excluding ortho intramolecular Hbond substituents is 8.